The Balaban J connectivity index is 2.07. The van der Waals surface area contributed by atoms with E-state index in [0.717, 1.165) is 18.7 Å². The molecule has 0 amide bonds. The second kappa shape index (κ2) is 9.77. The van der Waals surface area contributed by atoms with E-state index < -0.39 is 11.8 Å². The molecule has 0 aliphatic rings. The van der Waals surface area contributed by atoms with E-state index in [1.165, 1.54) is 12.1 Å². The van der Waals surface area contributed by atoms with Gasteiger partial charge in [0.15, 0.2) is 0 Å². The molecule has 0 aliphatic heterocycles. The standard InChI is InChI=1S/C26H19NO3P.Hg/c28-26(21-16-18-22(19-17-21)27(29)30)20-31(23-10-4-1-5-11-23,24-12-6-2-7-13-24)25-14-8-3-9-15-25;/h1-19H;. The molecule has 4 nitrogen and oxygen atoms in total. The molecule has 0 atom stereocenters. The molecule has 0 saturated heterocycles. The van der Waals surface area contributed by atoms with Crippen LogP contribution in [0.5, 0.6) is 0 Å². The first kappa shape index (κ1) is 22.4. The van der Waals surface area contributed by atoms with Crippen LogP contribution in [0.15, 0.2) is 115 Å². The van der Waals surface area contributed by atoms with Gasteiger partial charge in [-0.15, -0.1) is 0 Å². The van der Waals surface area contributed by atoms with Gasteiger partial charge in [-0.1, -0.05) is 0 Å². The van der Waals surface area contributed by atoms with Crippen molar-refractivity contribution in [2.24, 2.45) is 0 Å². The van der Waals surface area contributed by atoms with Crippen LogP contribution in [0.4, 0.5) is 5.69 Å². The molecule has 0 radical (unpaired) electrons. The zero-order valence-corrected chi connectivity index (χ0v) is 23.7. The SMILES string of the molecule is O=C([C]([Hg])=P(c1ccccc1)(c1ccccc1)c1ccccc1)c1ccc([N+](=O)[O-])cc1. The van der Waals surface area contributed by atoms with Crippen molar-refractivity contribution in [3.63, 3.8) is 0 Å². The van der Waals surface area contributed by atoms with Crippen molar-refractivity contribution in [3.05, 3.63) is 131 Å². The molecule has 4 aromatic carbocycles. The molecule has 0 aromatic heterocycles. The summed E-state index contributed by atoms with van der Waals surface area (Å²) in [6, 6.07) is 36.7. The first-order valence-corrected chi connectivity index (χ1v) is 14.6. The van der Waals surface area contributed by atoms with Crippen LogP contribution in [0, 0.1) is 10.1 Å². The van der Waals surface area contributed by atoms with Gasteiger partial charge >= 0.3 is 204 Å². The number of hydrogen-bond acceptors (Lipinski definition) is 3. The Bertz CT molecular complexity index is 1200. The topological polar surface area (TPSA) is 60.2 Å². The van der Waals surface area contributed by atoms with Crippen molar-refractivity contribution in [1.29, 1.82) is 0 Å². The number of carbonyl (C=O) groups is 1. The van der Waals surface area contributed by atoms with Gasteiger partial charge in [-0.25, -0.2) is 0 Å². The van der Waals surface area contributed by atoms with Crippen LogP contribution in [0.1, 0.15) is 10.4 Å². The maximum atomic E-state index is 13.9. The number of ketones is 1. The second-order valence-corrected chi connectivity index (χ2v) is 15.8. The quantitative estimate of drug-likeness (QED) is 0.105. The molecule has 0 fully saturated rings. The van der Waals surface area contributed by atoms with Crippen molar-refractivity contribution in [1.82, 2.24) is 0 Å². The molecule has 0 unspecified atom stereocenters. The van der Waals surface area contributed by atoms with Crippen LogP contribution in [-0.2, 0) is 26.1 Å². The van der Waals surface area contributed by atoms with E-state index in [4.69, 9.17) is 0 Å². The Morgan fingerprint density at radius 2 is 1.03 bits per heavy atom. The number of hydrogen-bond donors (Lipinski definition) is 0. The second-order valence-electron chi connectivity index (χ2n) is 7.26. The number of rotatable bonds is 6. The number of Topliss-reactive ketones (excluding diaryl/α,β-unsaturated/α-hetero) is 1. The van der Waals surface area contributed by atoms with Gasteiger partial charge in [-0.2, -0.15) is 0 Å². The Labute approximate surface area is 203 Å². The molecular weight excluding hydrogens is 606 g/mol. The Hall–Kier alpha value is -2.81. The summed E-state index contributed by atoms with van der Waals surface area (Å²) in [5, 5.41) is 14.5. The third kappa shape index (κ3) is 4.13. The van der Waals surface area contributed by atoms with Gasteiger partial charge in [-0.3, -0.25) is 0 Å². The summed E-state index contributed by atoms with van der Waals surface area (Å²) in [7, 11) is 0. The predicted molar refractivity (Wildman–Crippen MR) is 128 cm³/mol. The first-order valence-electron chi connectivity index (χ1n) is 10.1. The number of nitro groups is 1. The van der Waals surface area contributed by atoms with Crippen LogP contribution in [-0.4, -0.2) is 13.5 Å². The molecule has 0 heterocycles. The number of nitro benzene ring substituents is 1. The predicted octanol–water partition coefficient (Wildman–Crippen LogP) is 4.45. The summed E-state index contributed by atoms with van der Waals surface area (Å²) < 4.78 is 0.926. The summed E-state index contributed by atoms with van der Waals surface area (Å²) in [6.07, 6.45) is 0. The number of non-ortho nitro benzene ring substituents is 1. The van der Waals surface area contributed by atoms with E-state index in [-0.39, 0.29) is 37.6 Å². The minimum atomic E-state index is -2.38. The maximum absolute atomic E-state index is 13.9. The van der Waals surface area contributed by atoms with Gasteiger partial charge in [0.2, 0.25) is 0 Å². The van der Waals surface area contributed by atoms with Crippen LogP contribution < -0.4 is 15.9 Å². The molecule has 153 valence electrons. The Morgan fingerprint density at radius 3 is 1.38 bits per heavy atom. The van der Waals surface area contributed by atoms with Crippen molar-refractivity contribution in [3.8, 4) is 0 Å². The summed E-state index contributed by atoms with van der Waals surface area (Å²) in [5.74, 6) is -0.0203. The molecular formula is C26H19HgNO3P. The molecule has 6 heteroatoms. The average molecular weight is 625 g/mol. The van der Waals surface area contributed by atoms with E-state index in [9.17, 15) is 14.9 Å². The van der Waals surface area contributed by atoms with Crippen molar-refractivity contribution < 1.29 is 35.8 Å². The molecule has 0 N–H and O–H groups in total. The van der Waals surface area contributed by atoms with Crippen molar-refractivity contribution in [2.75, 3.05) is 0 Å². The van der Waals surface area contributed by atoms with Gasteiger partial charge in [0.1, 0.15) is 0 Å². The summed E-state index contributed by atoms with van der Waals surface area (Å²) >= 11 is 0.00257. The molecule has 4 rings (SSSR count). The fourth-order valence-corrected chi connectivity index (χ4v) is 15.2. The normalized spacial score (nSPS) is 11.1. The Kier molecular flexibility index (Phi) is 6.83. The van der Waals surface area contributed by atoms with E-state index in [1.54, 1.807) is 12.1 Å². The zero-order chi connectivity index (χ0) is 22.6. The van der Waals surface area contributed by atoms with Crippen LogP contribution >= 0.6 is 6.89 Å². The average Bonchev–Trinajstić information content (AvgIpc) is 2.86. The van der Waals surface area contributed by atoms with Crippen LogP contribution in [0.3, 0.4) is 0 Å². The molecule has 0 aliphatic carbocycles. The van der Waals surface area contributed by atoms with Crippen molar-refractivity contribution in [2.45, 2.75) is 0 Å². The summed E-state index contributed by atoms with van der Waals surface area (Å²) in [5.41, 5.74) is 0.476. The minimum absolute atomic E-state index is 0.00257. The van der Waals surface area contributed by atoms with Crippen LogP contribution in [0.2, 0.25) is 0 Å². The van der Waals surface area contributed by atoms with Crippen LogP contribution in [0.25, 0.3) is 0 Å². The van der Waals surface area contributed by atoms with E-state index in [0.29, 0.717) is 5.56 Å². The van der Waals surface area contributed by atoms with E-state index in [1.807, 2.05) is 54.6 Å². The third-order valence-electron chi connectivity index (χ3n) is 5.44. The van der Waals surface area contributed by atoms with Gasteiger partial charge in [0.25, 0.3) is 0 Å². The fraction of sp³-hybridized carbons (Fsp3) is 0. The number of carbonyl (C=O) groups excluding carboxylic acids is 1. The molecule has 0 bridgehead atoms. The summed E-state index contributed by atoms with van der Waals surface area (Å²) in [6.45, 7) is -2.38. The molecule has 4 aromatic rings. The monoisotopic (exact) mass is 626 g/mol. The number of nitrogens with zero attached hydrogens (tertiary/aromatic N) is 1. The van der Waals surface area contributed by atoms with E-state index >= 15 is 0 Å². The Morgan fingerprint density at radius 1 is 0.656 bits per heavy atom. The molecule has 0 spiro atoms. The van der Waals surface area contributed by atoms with Gasteiger partial charge in [0.05, 0.1) is 0 Å². The zero-order valence-electron chi connectivity index (χ0n) is 17.3. The van der Waals surface area contributed by atoms with Gasteiger partial charge in [-0.05, 0) is 0 Å². The van der Waals surface area contributed by atoms with Gasteiger partial charge in [0, 0.05) is 0 Å². The molecule has 32 heavy (non-hydrogen) atoms. The number of benzene rings is 4. The van der Waals surface area contributed by atoms with E-state index in [2.05, 4.69) is 36.4 Å². The molecule has 0 saturated carbocycles. The third-order valence-corrected chi connectivity index (χ3v) is 16.4. The summed E-state index contributed by atoms with van der Waals surface area (Å²) in [4.78, 5) is 24.5. The first-order chi connectivity index (χ1) is 15.5. The fourth-order valence-electron chi connectivity index (χ4n) is 3.92. The van der Waals surface area contributed by atoms with Crippen molar-refractivity contribution >= 4 is 37.1 Å². The van der Waals surface area contributed by atoms with Gasteiger partial charge < -0.3 is 0 Å².